The summed E-state index contributed by atoms with van der Waals surface area (Å²) in [7, 11) is 0. The number of ether oxygens (including phenoxy) is 1. The number of rotatable bonds is 5. The van der Waals surface area contributed by atoms with Gasteiger partial charge in [-0.05, 0) is 45.0 Å². The molecular weight excluding hydrogens is 415 g/mol. The Morgan fingerprint density at radius 2 is 2.03 bits per heavy atom. The van der Waals surface area contributed by atoms with Crippen LogP contribution in [0.1, 0.15) is 32.7 Å². The molecule has 2 atom stereocenters. The highest BCUT2D eigenvalue weighted by atomic mass is 35.5. The van der Waals surface area contributed by atoms with Crippen LogP contribution in [0, 0.1) is 5.82 Å². The molecule has 3 aromatic rings. The minimum absolute atomic E-state index is 0.0675. The molecule has 0 spiro atoms. The van der Waals surface area contributed by atoms with Crippen molar-refractivity contribution < 1.29 is 18.8 Å². The number of benzene rings is 1. The lowest BCUT2D eigenvalue weighted by Gasteiger charge is -2.32. The highest BCUT2D eigenvalue weighted by molar-refractivity contribution is 6.30. The van der Waals surface area contributed by atoms with Gasteiger partial charge in [0.05, 0.1) is 18.3 Å². The van der Waals surface area contributed by atoms with Crippen LogP contribution in [-0.2, 0) is 4.74 Å². The molecule has 2 aromatic heterocycles. The summed E-state index contributed by atoms with van der Waals surface area (Å²) in [5, 5.41) is 17.7. The Hall–Kier alpha value is -2.82. The molecule has 3 heterocycles. The average molecular weight is 435 g/mol. The van der Waals surface area contributed by atoms with Crippen LogP contribution < -0.4 is 10.2 Å². The van der Waals surface area contributed by atoms with Crippen molar-refractivity contribution in [3.05, 3.63) is 47.2 Å². The maximum Gasteiger partial charge on any atom is 0.249 e. The summed E-state index contributed by atoms with van der Waals surface area (Å²) in [5.74, 6) is 0.116. The number of aliphatic hydroxyl groups is 1. The second-order valence-corrected chi connectivity index (χ2v) is 7.95. The Morgan fingerprint density at radius 3 is 2.70 bits per heavy atom. The molecule has 1 saturated heterocycles. The van der Waals surface area contributed by atoms with E-state index in [1.165, 1.54) is 4.90 Å². The first-order valence-corrected chi connectivity index (χ1v) is 9.60. The first-order chi connectivity index (χ1) is 14.2. The molecule has 0 radical (unpaired) electrons. The zero-order valence-electron chi connectivity index (χ0n) is 16.5. The highest BCUT2D eigenvalue weighted by Gasteiger charge is 2.42. The zero-order chi connectivity index (χ0) is 21.5. The van der Waals surface area contributed by atoms with Gasteiger partial charge in [0, 0.05) is 10.6 Å². The predicted molar refractivity (Wildman–Crippen MR) is 107 cm³/mol. The summed E-state index contributed by atoms with van der Waals surface area (Å²) in [6.07, 6.45) is -0.265. The van der Waals surface area contributed by atoms with Crippen molar-refractivity contribution in [1.29, 1.82) is 0 Å². The van der Waals surface area contributed by atoms with E-state index in [4.69, 9.17) is 20.9 Å². The lowest BCUT2D eigenvalue weighted by atomic mass is 10.1. The lowest BCUT2D eigenvalue weighted by molar-refractivity contribution is -0.0582. The third-order valence-corrected chi connectivity index (χ3v) is 4.92. The molecule has 30 heavy (non-hydrogen) atoms. The Kier molecular flexibility index (Phi) is 5.31. The standard InChI is InChI=1S/C19H20ClFN6O3/c1-10(16-24-14(26-30-16)11-4-6-12(20)7-5-11)23-17-22-8-13(21)15(25-17)27-18(28)29-9-19(27,2)3/h4-8,10,18,28H,9H2,1-3H3,(H,22,23,25). The fraction of sp³-hybridized carbons (Fsp3) is 0.368. The van der Waals surface area contributed by atoms with Gasteiger partial charge < -0.3 is 19.7 Å². The largest absolute Gasteiger partial charge is 0.351 e. The molecule has 0 saturated carbocycles. The number of anilines is 2. The molecule has 1 aromatic carbocycles. The van der Waals surface area contributed by atoms with Crippen LogP contribution in [0.3, 0.4) is 0 Å². The van der Waals surface area contributed by atoms with Crippen molar-refractivity contribution in [1.82, 2.24) is 20.1 Å². The normalized spacial score (nSPS) is 19.1. The van der Waals surface area contributed by atoms with E-state index in [1.807, 2.05) is 13.8 Å². The van der Waals surface area contributed by atoms with E-state index in [0.29, 0.717) is 16.7 Å². The second kappa shape index (κ2) is 7.78. The van der Waals surface area contributed by atoms with Crippen LogP contribution in [0.15, 0.2) is 35.0 Å². The number of halogens is 2. The van der Waals surface area contributed by atoms with Crippen molar-refractivity contribution in [2.24, 2.45) is 0 Å². The third kappa shape index (κ3) is 3.93. The summed E-state index contributed by atoms with van der Waals surface area (Å²) in [4.78, 5) is 13.9. The summed E-state index contributed by atoms with van der Waals surface area (Å²) in [6.45, 7) is 5.64. The molecule has 1 aliphatic heterocycles. The van der Waals surface area contributed by atoms with Crippen molar-refractivity contribution in [2.45, 2.75) is 38.8 Å². The van der Waals surface area contributed by atoms with Gasteiger partial charge in [-0.1, -0.05) is 16.8 Å². The SMILES string of the molecule is CC(Nc1ncc(F)c(N2C(O)OCC2(C)C)n1)c1nc(-c2ccc(Cl)cc2)no1. The fourth-order valence-corrected chi connectivity index (χ4v) is 3.22. The Labute approximate surface area is 176 Å². The Balaban J connectivity index is 1.54. The van der Waals surface area contributed by atoms with Gasteiger partial charge in [0.1, 0.15) is 6.04 Å². The monoisotopic (exact) mass is 434 g/mol. The van der Waals surface area contributed by atoms with Gasteiger partial charge in [0.25, 0.3) is 0 Å². The molecule has 9 nitrogen and oxygen atoms in total. The molecule has 11 heteroatoms. The van der Waals surface area contributed by atoms with E-state index in [-0.39, 0.29) is 18.4 Å². The predicted octanol–water partition coefficient (Wildman–Crippen LogP) is 3.38. The van der Waals surface area contributed by atoms with E-state index >= 15 is 0 Å². The number of nitrogens with zero attached hydrogens (tertiary/aromatic N) is 5. The summed E-state index contributed by atoms with van der Waals surface area (Å²) >= 11 is 5.90. The van der Waals surface area contributed by atoms with Gasteiger partial charge in [-0.25, -0.2) is 9.37 Å². The maximum atomic E-state index is 14.4. The lowest BCUT2D eigenvalue weighted by Crippen LogP contribution is -2.45. The number of aliphatic hydroxyl groups excluding tert-OH is 1. The topological polar surface area (TPSA) is 109 Å². The van der Waals surface area contributed by atoms with Crippen LogP contribution in [-0.4, -0.2) is 43.8 Å². The first kappa shape index (κ1) is 20.5. The number of hydrogen-bond acceptors (Lipinski definition) is 9. The number of aromatic nitrogens is 4. The molecule has 2 unspecified atom stereocenters. The highest BCUT2D eigenvalue weighted by Crippen LogP contribution is 2.33. The van der Waals surface area contributed by atoms with Gasteiger partial charge in [0.15, 0.2) is 11.6 Å². The molecule has 4 rings (SSSR count). The second-order valence-electron chi connectivity index (χ2n) is 7.51. The number of nitrogens with one attached hydrogen (secondary N) is 1. The smallest absolute Gasteiger partial charge is 0.249 e. The average Bonchev–Trinajstić information content (AvgIpc) is 3.29. The van der Waals surface area contributed by atoms with Gasteiger partial charge in [-0.15, -0.1) is 0 Å². The van der Waals surface area contributed by atoms with Crippen LogP contribution in [0.5, 0.6) is 0 Å². The van der Waals surface area contributed by atoms with Gasteiger partial charge in [-0.3, -0.25) is 4.90 Å². The summed E-state index contributed by atoms with van der Waals surface area (Å²) < 4.78 is 25.0. The van der Waals surface area contributed by atoms with Crippen molar-refractivity contribution in [3.63, 3.8) is 0 Å². The molecule has 0 bridgehead atoms. The summed E-state index contributed by atoms with van der Waals surface area (Å²) in [6, 6.07) is 6.59. The number of hydrogen-bond donors (Lipinski definition) is 2. The molecule has 1 aliphatic rings. The first-order valence-electron chi connectivity index (χ1n) is 9.22. The zero-order valence-corrected chi connectivity index (χ0v) is 17.3. The van der Waals surface area contributed by atoms with Gasteiger partial charge in [-0.2, -0.15) is 9.97 Å². The third-order valence-electron chi connectivity index (χ3n) is 4.67. The van der Waals surface area contributed by atoms with Gasteiger partial charge in [0.2, 0.25) is 24.1 Å². The summed E-state index contributed by atoms with van der Waals surface area (Å²) in [5.41, 5.74) is 0.115. The van der Waals surface area contributed by atoms with E-state index < -0.39 is 23.8 Å². The van der Waals surface area contributed by atoms with Crippen molar-refractivity contribution in [3.8, 4) is 11.4 Å². The fourth-order valence-electron chi connectivity index (χ4n) is 3.09. The van der Waals surface area contributed by atoms with Crippen molar-refractivity contribution in [2.75, 3.05) is 16.8 Å². The van der Waals surface area contributed by atoms with Gasteiger partial charge >= 0.3 is 0 Å². The quantitative estimate of drug-likeness (QED) is 0.624. The van der Waals surface area contributed by atoms with Crippen LogP contribution in [0.25, 0.3) is 11.4 Å². The Morgan fingerprint density at radius 1 is 1.30 bits per heavy atom. The van der Waals surface area contributed by atoms with E-state index in [1.54, 1.807) is 31.2 Å². The molecule has 158 valence electrons. The molecule has 0 aliphatic carbocycles. The molecule has 1 fully saturated rings. The van der Waals surface area contributed by atoms with E-state index in [9.17, 15) is 9.50 Å². The molecule has 2 N–H and O–H groups in total. The van der Waals surface area contributed by atoms with Crippen LogP contribution in [0.4, 0.5) is 16.2 Å². The van der Waals surface area contributed by atoms with Crippen LogP contribution in [0.2, 0.25) is 5.02 Å². The van der Waals surface area contributed by atoms with E-state index in [0.717, 1.165) is 11.8 Å². The van der Waals surface area contributed by atoms with Crippen molar-refractivity contribution >= 4 is 23.4 Å². The van der Waals surface area contributed by atoms with E-state index in [2.05, 4.69) is 25.4 Å². The minimum atomic E-state index is -1.30. The maximum absolute atomic E-state index is 14.4. The molecule has 0 amide bonds. The molecular formula is C19H20ClFN6O3. The van der Waals surface area contributed by atoms with Crippen LogP contribution >= 0.6 is 11.6 Å². The Bertz CT molecular complexity index is 1050. The minimum Gasteiger partial charge on any atom is -0.351 e.